The molecule has 0 N–H and O–H groups in total. The molecule has 1 aliphatic heterocycles. The average molecular weight is 387 g/mol. The van der Waals surface area contributed by atoms with Crippen LogP contribution in [0.25, 0.3) is 0 Å². The van der Waals surface area contributed by atoms with E-state index in [1.54, 1.807) is 7.11 Å². The zero-order valence-electron chi connectivity index (χ0n) is 18.5. The molecule has 1 heterocycles. The highest BCUT2D eigenvalue weighted by Gasteiger charge is 2.34. The van der Waals surface area contributed by atoms with E-state index in [9.17, 15) is 0 Å². The average Bonchev–Trinajstić information content (AvgIpc) is 2.68. The van der Waals surface area contributed by atoms with Crippen LogP contribution in [0.4, 0.5) is 17.1 Å². The summed E-state index contributed by atoms with van der Waals surface area (Å²) in [5, 5.41) is 0. The summed E-state index contributed by atoms with van der Waals surface area (Å²) >= 11 is 0. The molecule has 1 unspecified atom stereocenters. The summed E-state index contributed by atoms with van der Waals surface area (Å²) in [4.78, 5) is 4.43. The van der Waals surface area contributed by atoms with Crippen LogP contribution in [0.3, 0.4) is 0 Å². The summed E-state index contributed by atoms with van der Waals surface area (Å²) in [6, 6.07) is 17.8. The van der Waals surface area contributed by atoms with Crippen LogP contribution < -0.4 is 14.5 Å². The third-order valence-electron chi connectivity index (χ3n) is 6.13. The minimum absolute atomic E-state index is 0.143. The summed E-state index contributed by atoms with van der Waals surface area (Å²) in [5.41, 5.74) is 11.5. The molecular formula is C26H30N2O. The Kier molecular flexibility index (Phi) is 4.77. The fraction of sp³-hybridized carbons (Fsp3) is 0.308. The van der Waals surface area contributed by atoms with Crippen LogP contribution in [-0.2, 0) is 0 Å². The van der Waals surface area contributed by atoms with E-state index in [1.807, 2.05) is 0 Å². The second-order valence-electron chi connectivity index (χ2n) is 8.34. The number of rotatable bonds is 3. The number of fused-ring (bicyclic) bond motifs is 2. The fourth-order valence-corrected chi connectivity index (χ4v) is 4.86. The molecule has 0 amide bonds. The van der Waals surface area contributed by atoms with Crippen molar-refractivity contribution in [1.82, 2.24) is 0 Å². The van der Waals surface area contributed by atoms with Gasteiger partial charge in [0.1, 0.15) is 5.75 Å². The van der Waals surface area contributed by atoms with Gasteiger partial charge in [0.05, 0.1) is 12.8 Å². The lowest BCUT2D eigenvalue weighted by Crippen LogP contribution is -2.24. The van der Waals surface area contributed by atoms with Gasteiger partial charge in [-0.25, -0.2) is 0 Å². The molecule has 150 valence electrons. The first-order valence-electron chi connectivity index (χ1n) is 10.1. The van der Waals surface area contributed by atoms with Gasteiger partial charge >= 0.3 is 0 Å². The molecule has 0 aliphatic carbocycles. The highest BCUT2D eigenvalue weighted by molar-refractivity contribution is 5.83. The molecule has 29 heavy (non-hydrogen) atoms. The van der Waals surface area contributed by atoms with E-state index in [0.717, 1.165) is 11.4 Å². The minimum Gasteiger partial charge on any atom is -0.496 e. The molecule has 0 radical (unpaired) electrons. The molecule has 0 spiro atoms. The van der Waals surface area contributed by atoms with Crippen LogP contribution in [0, 0.1) is 20.8 Å². The van der Waals surface area contributed by atoms with Gasteiger partial charge < -0.3 is 14.5 Å². The second kappa shape index (κ2) is 7.14. The second-order valence-corrected chi connectivity index (χ2v) is 8.34. The van der Waals surface area contributed by atoms with E-state index in [-0.39, 0.29) is 5.92 Å². The summed E-state index contributed by atoms with van der Waals surface area (Å²) in [6.45, 7) is 6.64. The Morgan fingerprint density at radius 3 is 2.14 bits per heavy atom. The van der Waals surface area contributed by atoms with Crippen LogP contribution in [0.1, 0.15) is 39.3 Å². The number of para-hydroxylation sites is 1. The quantitative estimate of drug-likeness (QED) is 0.553. The molecule has 0 bridgehead atoms. The monoisotopic (exact) mass is 386 g/mol. The van der Waals surface area contributed by atoms with Gasteiger partial charge in [0.25, 0.3) is 0 Å². The Bertz CT molecular complexity index is 1060. The van der Waals surface area contributed by atoms with E-state index in [2.05, 4.69) is 100 Å². The normalized spacial score (nSPS) is 15.0. The van der Waals surface area contributed by atoms with Crippen LogP contribution in [-0.4, -0.2) is 28.3 Å². The van der Waals surface area contributed by atoms with Crippen molar-refractivity contribution in [3.8, 4) is 5.75 Å². The van der Waals surface area contributed by atoms with Gasteiger partial charge in [-0.1, -0.05) is 35.9 Å². The smallest absolute Gasteiger partial charge is 0.127 e. The maximum absolute atomic E-state index is 5.97. The Morgan fingerprint density at radius 1 is 0.862 bits per heavy atom. The van der Waals surface area contributed by atoms with E-state index in [0.29, 0.717) is 0 Å². The standard InChI is InChI=1S/C26H30N2O/c1-16-12-17(2)24(18(3)13-16)25-20-10-8-9-11-21(20)28(6)22-14-19(27(4)5)15-23(29-7)26(22)25/h8-15,25H,1-7H3. The Morgan fingerprint density at radius 2 is 1.52 bits per heavy atom. The van der Waals surface area contributed by atoms with Crippen molar-refractivity contribution in [3.63, 3.8) is 0 Å². The van der Waals surface area contributed by atoms with Crippen molar-refractivity contribution in [1.29, 1.82) is 0 Å². The molecular weight excluding hydrogens is 356 g/mol. The van der Waals surface area contributed by atoms with Crippen molar-refractivity contribution in [3.05, 3.63) is 81.9 Å². The molecule has 3 heteroatoms. The lowest BCUT2D eigenvalue weighted by molar-refractivity contribution is 0.409. The van der Waals surface area contributed by atoms with Gasteiger partial charge in [-0.3, -0.25) is 0 Å². The number of methoxy groups -OCH3 is 1. The topological polar surface area (TPSA) is 15.7 Å². The summed E-state index contributed by atoms with van der Waals surface area (Å²) < 4.78 is 5.97. The predicted molar refractivity (Wildman–Crippen MR) is 123 cm³/mol. The lowest BCUT2D eigenvalue weighted by Gasteiger charge is -2.38. The molecule has 0 saturated heterocycles. The van der Waals surface area contributed by atoms with E-state index >= 15 is 0 Å². The number of hydrogen-bond donors (Lipinski definition) is 0. The van der Waals surface area contributed by atoms with Gasteiger partial charge in [0, 0.05) is 50.1 Å². The van der Waals surface area contributed by atoms with E-state index in [4.69, 9.17) is 4.74 Å². The van der Waals surface area contributed by atoms with Crippen LogP contribution in [0.15, 0.2) is 48.5 Å². The third-order valence-corrected chi connectivity index (χ3v) is 6.13. The molecule has 1 aliphatic rings. The maximum atomic E-state index is 5.97. The van der Waals surface area contributed by atoms with Crippen molar-refractivity contribution in [2.75, 3.05) is 38.1 Å². The van der Waals surface area contributed by atoms with Crippen molar-refractivity contribution in [2.45, 2.75) is 26.7 Å². The number of benzene rings is 3. The number of anilines is 3. The molecule has 1 atom stereocenters. The van der Waals surface area contributed by atoms with Crippen LogP contribution in [0.2, 0.25) is 0 Å². The first-order valence-corrected chi connectivity index (χ1v) is 10.1. The van der Waals surface area contributed by atoms with Gasteiger partial charge in [0.15, 0.2) is 0 Å². The lowest BCUT2D eigenvalue weighted by atomic mass is 9.76. The van der Waals surface area contributed by atoms with Crippen molar-refractivity contribution < 1.29 is 4.74 Å². The van der Waals surface area contributed by atoms with Gasteiger partial charge in [0.2, 0.25) is 0 Å². The van der Waals surface area contributed by atoms with Crippen LogP contribution >= 0.6 is 0 Å². The Labute approximate surface area is 174 Å². The summed E-state index contributed by atoms with van der Waals surface area (Å²) in [5.74, 6) is 1.08. The Balaban J connectivity index is 2.10. The maximum Gasteiger partial charge on any atom is 0.127 e. The zero-order chi connectivity index (χ0) is 20.9. The predicted octanol–water partition coefficient (Wildman–Crippen LogP) is 5.95. The number of aryl methyl sites for hydroxylation is 3. The number of hydrogen-bond acceptors (Lipinski definition) is 3. The van der Waals surface area contributed by atoms with Crippen molar-refractivity contribution >= 4 is 17.1 Å². The molecule has 0 aromatic heterocycles. The molecule has 0 fully saturated rings. The molecule has 0 saturated carbocycles. The molecule has 3 nitrogen and oxygen atoms in total. The Hall–Kier alpha value is -2.94. The largest absolute Gasteiger partial charge is 0.496 e. The zero-order valence-corrected chi connectivity index (χ0v) is 18.5. The summed E-state index contributed by atoms with van der Waals surface area (Å²) in [7, 11) is 8.08. The first kappa shape index (κ1) is 19.4. The van der Waals surface area contributed by atoms with Gasteiger partial charge in [-0.05, 0) is 55.2 Å². The van der Waals surface area contributed by atoms with Gasteiger partial charge in [-0.15, -0.1) is 0 Å². The van der Waals surface area contributed by atoms with Crippen molar-refractivity contribution in [2.24, 2.45) is 0 Å². The molecule has 3 aromatic carbocycles. The van der Waals surface area contributed by atoms with Gasteiger partial charge in [-0.2, -0.15) is 0 Å². The SMILES string of the molecule is COc1cc(N(C)C)cc2c1C(c1c(C)cc(C)cc1C)c1ccccc1N2C. The minimum atomic E-state index is 0.143. The number of ether oxygens (including phenoxy) is 1. The molecule has 3 aromatic rings. The highest BCUT2D eigenvalue weighted by Crippen LogP contribution is 2.53. The highest BCUT2D eigenvalue weighted by atomic mass is 16.5. The third kappa shape index (κ3) is 3.05. The fourth-order valence-electron chi connectivity index (χ4n) is 4.86. The number of nitrogens with zero attached hydrogens (tertiary/aromatic N) is 2. The van der Waals surface area contributed by atoms with Crippen LogP contribution in [0.5, 0.6) is 5.75 Å². The molecule has 4 rings (SSSR count). The van der Waals surface area contributed by atoms with E-state index in [1.165, 1.54) is 44.8 Å². The van der Waals surface area contributed by atoms with E-state index < -0.39 is 0 Å². The first-order chi connectivity index (χ1) is 13.8. The summed E-state index contributed by atoms with van der Waals surface area (Å²) in [6.07, 6.45) is 0.